The summed E-state index contributed by atoms with van der Waals surface area (Å²) in [6.45, 7) is 2.94. The molecule has 1 aliphatic heterocycles. The second kappa shape index (κ2) is 7.00. The zero-order chi connectivity index (χ0) is 14.5. The highest BCUT2D eigenvalue weighted by Crippen LogP contribution is 2.19. The van der Waals surface area contributed by atoms with Gasteiger partial charge in [0.15, 0.2) is 5.82 Å². The van der Waals surface area contributed by atoms with Gasteiger partial charge in [0.25, 0.3) is 0 Å². The van der Waals surface area contributed by atoms with Gasteiger partial charge in [-0.15, -0.1) is 5.10 Å². The van der Waals surface area contributed by atoms with Gasteiger partial charge in [-0.05, 0) is 36.6 Å². The van der Waals surface area contributed by atoms with Crippen LogP contribution < -0.4 is 10.2 Å². The number of halogens is 1. The molecule has 1 aromatic heterocycles. The van der Waals surface area contributed by atoms with Crippen molar-refractivity contribution in [3.05, 3.63) is 52.6 Å². The second-order valence-electron chi connectivity index (χ2n) is 5.34. The maximum Gasteiger partial charge on any atom is 0.151 e. The fourth-order valence-corrected chi connectivity index (χ4v) is 3.13. The van der Waals surface area contributed by atoms with Crippen LogP contribution in [0.1, 0.15) is 18.4 Å². The third kappa shape index (κ3) is 3.80. The Balaban J connectivity index is 1.58. The molecule has 1 N–H and O–H groups in total. The number of anilines is 1. The van der Waals surface area contributed by atoms with Crippen LogP contribution in [0.5, 0.6) is 0 Å². The van der Waals surface area contributed by atoms with Gasteiger partial charge < -0.3 is 10.2 Å². The third-order valence-corrected chi connectivity index (χ3v) is 4.62. The highest BCUT2D eigenvalue weighted by atomic mass is 79.9. The molecule has 5 heteroatoms. The van der Waals surface area contributed by atoms with Gasteiger partial charge in [0.2, 0.25) is 0 Å². The molecule has 0 aliphatic carbocycles. The topological polar surface area (TPSA) is 41.0 Å². The van der Waals surface area contributed by atoms with Gasteiger partial charge in [-0.2, -0.15) is 5.10 Å². The average molecular weight is 347 g/mol. The van der Waals surface area contributed by atoms with E-state index in [1.165, 1.54) is 22.9 Å². The molecule has 0 unspecified atom stereocenters. The lowest BCUT2D eigenvalue weighted by Crippen LogP contribution is -2.45. The van der Waals surface area contributed by atoms with Gasteiger partial charge in [0.05, 0.1) is 0 Å². The van der Waals surface area contributed by atoms with Crippen LogP contribution in [0.2, 0.25) is 0 Å². The molecule has 2 aromatic rings. The normalized spacial score (nSPS) is 18.7. The summed E-state index contributed by atoms with van der Waals surface area (Å²) in [4.78, 5) is 2.31. The van der Waals surface area contributed by atoms with Crippen molar-refractivity contribution >= 4 is 21.7 Å². The molecule has 2 heterocycles. The second-order valence-corrected chi connectivity index (χ2v) is 6.19. The van der Waals surface area contributed by atoms with Crippen molar-refractivity contribution in [1.82, 2.24) is 15.5 Å². The number of nitrogens with one attached hydrogen (secondary N) is 1. The van der Waals surface area contributed by atoms with Crippen molar-refractivity contribution in [2.24, 2.45) is 0 Å². The first kappa shape index (κ1) is 14.5. The molecule has 1 fully saturated rings. The van der Waals surface area contributed by atoms with Crippen LogP contribution in [0.15, 0.2) is 47.1 Å². The van der Waals surface area contributed by atoms with Crippen LogP contribution in [-0.2, 0) is 6.54 Å². The van der Waals surface area contributed by atoms with E-state index in [1.807, 2.05) is 18.2 Å². The molecular formula is C16H19BrN4. The molecule has 4 nitrogen and oxygen atoms in total. The summed E-state index contributed by atoms with van der Waals surface area (Å²) >= 11 is 3.60. The van der Waals surface area contributed by atoms with E-state index in [0.717, 1.165) is 25.5 Å². The first-order valence-electron chi connectivity index (χ1n) is 7.32. The van der Waals surface area contributed by atoms with Crippen molar-refractivity contribution in [3.8, 4) is 0 Å². The molecule has 21 heavy (non-hydrogen) atoms. The Morgan fingerprint density at radius 1 is 1.24 bits per heavy atom. The molecule has 1 saturated heterocycles. The van der Waals surface area contributed by atoms with Crippen LogP contribution in [0.3, 0.4) is 0 Å². The SMILES string of the molecule is Brc1ccccc1CN[C@H]1CCCN(c2cccnn2)C1. The van der Waals surface area contributed by atoms with Gasteiger partial charge in [-0.25, -0.2) is 0 Å². The summed E-state index contributed by atoms with van der Waals surface area (Å²) < 4.78 is 1.17. The van der Waals surface area contributed by atoms with Crippen molar-refractivity contribution < 1.29 is 0 Å². The molecule has 3 rings (SSSR count). The van der Waals surface area contributed by atoms with E-state index >= 15 is 0 Å². The zero-order valence-corrected chi connectivity index (χ0v) is 13.5. The number of rotatable bonds is 4. The minimum atomic E-state index is 0.493. The summed E-state index contributed by atoms with van der Waals surface area (Å²) in [5, 5.41) is 11.8. The lowest BCUT2D eigenvalue weighted by atomic mass is 10.1. The van der Waals surface area contributed by atoms with E-state index in [2.05, 4.69) is 54.5 Å². The first-order chi connectivity index (χ1) is 10.3. The minimum absolute atomic E-state index is 0.493. The molecule has 110 valence electrons. The Morgan fingerprint density at radius 2 is 2.14 bits per heavy atom. The largest absolute Gasteiger partial charge is 0.354 e. The Hall–Kier alpha value is -1.46. The molecule has 0 saturated carbocycles. The monoisotopic (exact) mass is 346 g/mol. The highest BCUT2D eigenvalue weighted by Gasteiger charge is 2.20. The minimum Gasteiger partial charge on any atom is -0.354 e. The maximum atomic E-state index is 4.21. The average Bonchev–Trinajstić information content (AvgIpc) is 2.55. The van der Waals surface area contributed by atoms with E-state index < -0.39 is 0 Å². The predicted molar refractivity (Wildman–Crippen MR) is 88.2 cm³/mol. The summed E-state index contributed by atoms with van der Waals surface area (Å²) in [5.74, 6) is 0.977. The third-order valence-electron chi connectivity index (χ3n) is 3.84. The van der Waals surface area contributed by atoms with Crippen LogP contribution in [0.4, 0.5) is 5.82 Å². The number of hydrogen-bond acceptors (Lipinski definition) is 4. The van der Waals surface area contributed by atoms with Crippen molar-refractivity contribution in [2.45, 2.75) is 25.4 Å². The number of nitrogens with zero attached hydrogens (tertiary/aromatic N) is 3. The van der Waals surface area contributed by atoms with Crippen LogP contribution in [-0.4, -0.2) is 29.3 Å². The van der Waals surface area contributed by atoms with E-state index in [-0.39, 0.29) is 0 Å². The Morgan fingerprint density at radius 3 is 2.95 bits per heavy atom. The molecule has 0 radical (unpaired) electrons. The predicted octanol–water partition coefficient (Wildman–Crippen LogP) is 3.00. The fourth-order valence-electron chi connectivity index (χ4n) is 2.71. The number of benzene rings is 1. The number of hydrogen-bond donors (Lipinski definition) is 1. The molecule has 1 atom stereocenters. The maximum absolute atomic E-state index is 4.21. The van der Waals surface area contributed by atoms with Gasteiger partial charge in [-0.1, -0.05) is 34.1 Å². The lowest BCUT2D eigenvalue weighted by Gasteiger charge is -2.33. The fraction of sp³-hybridized carbons (Fsp3) is 0.375. The van der Waals surface area contributed by atoms with Crippen LogP contribution in [0, 0.1) is 0 Å². The van der Waals surface area contributed by atoms with Crippen LogP contribution >= 0.6 is 15.9 Å². The van der Waals surface area contributed by atoms with Gasteiger partial charge in [0.1, 0.15) is 0 Å². The van der Waals surface area contributed by atoms with E-state index in [9.17, 15) is 0 Å². The first-order valence-corrected chi connectivity index (χ1v) is 8.11. The van der Waals surface area contributed by atoms with E-state index in [1.54, 1.807) is 6.20 Å². The summed E-state index contributed by atoms with van der Waals surface area (Å²) in [7, 11) is 0. The molecule has 0 spiro atoms. The Bertz CT molecular complexity index is 575. The van der Waals surface area contributed by atoms with Crippen LogP contribution in [0.25, 0.3) is 0 Å². The van der Waals surface area contributed by atoms with E-state index in [0.29, 0.717) is 6.04 Å². The molecular weight excluding hydrogens is 328 g/mol. The summed E-state index contributed by atoms with van der Waals surface area (Å²) in [6, 6.07) is 12.8. The molecule has 0 amide bonds. The van der Waals surface area contributed by atoms with Gasteiger partial charge >= 0.3 is 0 Å². The molecule has 1 aliphatic rings. The molecule has 1 aromatic carbocycles. The number of piperidine rings is 1. The standard InChI is InChI=1S/C16H19BrN4/c17-15-7-2-1-5-13(15)11-18-14-6-4-10-21(12-14)16-8-3-9-19-20-16/h1-3,5,7-9,14,18H,4,6,10-12H2/t14-/m0/s1. The lowest BCUT2D eigenvalue weighted by molar-refractivity contribution is 0.419. The van der Waals surface area contributed by atoms with Gasteiger partial charge in [-0.3, -0.25) is 0 Å². The quantitative estimate of drug-likeness (QED) is 0.923. The highest BCUT2D eigenvalue weighted by molar-refractivity contribution is 9.10. The number of aromatic nitrogens is 2. The van der Waals surface area contributed by atoms with E-state index in [4.69, 9.17) is 0 Å². The summed E-state index contributed by atoms with van der Waals surface area (Å²) in [5.41, 5.74) is 1.30. The molecule has 0 bridgehead atoms. The Labute approximate surface area is 133 Å². The smallest absolute Gasteiger partial charge is 0.151 e. The van der Waals surface area contributed by atoms with Gasteiger partial charge in [0, 0.05) is 36.3 Å². The summed E-state index contributed by atoms with van der Waals surface area (Å²) in [6.07, 6.45) is 4.11. The van der Waals surface area contributed by atoms with Crippen molar-refractivity contribution in [3.63, 3.8) is 0 Å². The van der Waals surface area contributed by atoms with Crippen molar-refractivity contribution in [1.29, 1.82) is 0 Å². The van der Waals surface area contributed by atoms with Crippen molar-refractivity contribution in [2.75, 3.05) is 18.0 Å². The zero-order valence-electron chi connectivity index (χ0n) is 11.9. The Kier molecular flexibility index (Phi) is 4.83.